The molecule has 0 fully saturated rings. The molecule has 0 radical (unpaired) electrons. The fourth-order valence-corrected chi connectivity index (χ4v) is 1.39. The number of hydrogen-bond acceptors (Lipinski definition) is 3. The summed E-state index contributed by atoms with van der Waals surface area (Å²) < 4.78 is 0. The minimum Gasteiger partial charge on any atom is -0.390 e. The van der Waals surface area contributed by atoms with Crippen LogP contribution in [-0.4, -0.2) is 30.7 Å². The third kappa shape index (κ3) is 4.51. The van der Waals surface area contributed by atoms with Gasteiger partial charge in [0.25, 0.3) is 0 Å². The lowest BCUT2D eigenvalue weighted by Crippen LogP contribution is -2.20. The first-order valence-electron chi connectivity index (χ1n) is 4.97. The van der Waals surface area contributed by atoms with E-state index in [0.717, 1.165) is 12.2 Å². The fourth-order valence-electron chi connectivity index (χ4n) is 1.29. The molecule has 0 amide bonds. The maximum atomic E-state index is 9.29. The van der Waals surface area contributed by atoms with Crippen LogP contribution in [0.25, 0.3) is 0 Å². The molecule has 0 spiro atoms. The molecule has 15 heavy (non-hydrogen) atoms. The summed E-state index contributed by atoms with van der Waals surface area (Å²) >= 11 is 5.50. The number of benzene rings is 1. The Balaban J connectivity index is 2.50. The van der Waals surface area contributed by atoms with Gasteiger partial charge in [-0.05, 0) is 24.7 Å². The van der Waals surface area contributed by atoms with E-state index in [1.807, 2.05) is 19.2 Å². The number of aliphatic hydroxyl groups excluding tert-OH is 1. The first-order valence-corrected chi connectivity index (χ1v) is 5.51. The van der Waals surface area contributed by atoms with E-state index in [9.17, 15) is 5.11 Å². The van der Waals surface area contributed by atoms with E-state index in [4.69, 9.17) is 11.6 Å². The second-order valence-electron chi connectivity index (χ2n) is 3.42. The molecule has 1 rings (SSSR count). The molecule has 1 aromatic rings. The molecular weight excluding hydrogens is 212 g/mol. The zero-order chi connectivity index (χ0) is 11.1. The van der Waals surface area contributed by atoms with Crippen molar-refractivity contribution in [2.45, 2.75) is 12.6 Å². The van der Waals surface area contributed by atoms with Crippen LogP contribution in [0.2, 0.25) is 0 Å². The molecule has 0 aliphatic heterocycles. The second kappa shape index (κ2) is 6.67. The molecule has 4 heteroatoms. The topological polar surface area (TPSA) is 44.3 Å². The lowest BCUT2D eigenvalue weighted by atomic mass is 10.2. The van der Waals surface area contributed by atoms with Gasteiger partial charge in [0, 0.05) is 18.8 Å². The van der Waals surface area contributed by atoms with Gasteiger partial charge in [-0.1, -0.05) is 12.1 Å². The Bertz CT molecular complexity index is 294. The minimum absolute atomic E-state index is 0.253. The zero-order valence-electron chi connectivity index (χ0n) is 8.83. The quantitative estimate of drug-likeness (QED) is 0.646. The van der Waals surface area contributed by atoms with Gasteiger partial charge in [0.15, 0.2) is 0 Å². The third-order valence-electron chi connectivity index (χ3n) is 2.03. The van der Waals surface area contributed by atoms with Crippen LogP contribution in [0.4, 0.5) is 5.69 Å². The standard InChI is InChI=1S/C11H17ClN2O/c1-13-7-9-3-2-4-10(5-9)14-8-11(15)6-12/h2-5,11,13-15H,6-8H2,1H3. The Morgan fingerprint density at radius 1 is 1.47 bits per heavy atom. The van der Waals surface area contributed by atoms with E-state index in [1.54, 1.807) is 0 Å². The van der Waals surface area contributed by atoms with E-state index < -0.39 is 6.10 Å². The summed E-state index contributed by atoms with van der Waals surface area (Å²) in [5, 5.41) is 15.5. The van der Waals surface area contributed by atoms with E-state index in [-0.39, 0.29) is 5.88 Å². The molecule has 84 valence electrons. The fraction of sp³-hybridized carbons (Fsp3) is 0.455. The highest BCUT2D eigenvalue weighted by atomic mass is 35.5. The Kier molecular flexibility index (Phi) is 5.47. The van der Waals surface area contributed by atoms with Crippen LogP contribution >= 0.6 is 11.6 Å². The summed E-state index contributed by atoms with van der Waals surface area (Å²) in [7, 11) is 1.91. The van der Waals surface area contributed by atoms with Crippen LogP contribution in [0, 0.1) is 0 Å². The highest BCUT2D eigenvalue weighted by Gasteiger charge is 2.01. The van der Waals surface area contributed by atoms with Gasteiger partial charge >= 0.3 is 0 Å². The van der Waals surface area contributed by atoms with Crippen molar-refractivity contribution < 1.29 is 5.11 Å². The Morgan fingerprint density at radius 3 is 2.93 bits per heavy atom. The van der Waals surface area contributed by atoms with Crippen molar-refractivity contribution in [3.05, 3.63) is 29.8 Å². The highest BCUT2D eigenvalue weighted by molar-refractivity contribution is 6.18. The molecule has 0 saturated heterocycles. The molecule has 3 N–H and O–H groups in total. The van der Waals surface area contributed by atoms with E-state index in [1.165, 1.54) is 5.56 Å². The van der Waals surface area contributed by atoms with Crippen molar-refractivity contribution >= 4 is 17.3 Å². The molecule has 0 aliphatic rings. The molecule has 0 bridgehead atoms. The SMILES string of the molecule is CNCc1cccc(NCC(O)CCl)c1. The predicted octanol–water partition coefficient (Wildman–Crippen LogP) is 1.42. The Morgan fingerprint density at radius 2 is 2.27 bits per heavy atom. The number of anilines is 1. The average Bonchev–Trinajstić information content (AvgIpc) is 2.27. The van der Waals surface area contributed by atoms with Gasteiger partial charge in [-0.15, -0.1) is 11.6 Å². The van der Waals surface area contributed by atoms with Gasteiger partial charge < -0.3 is 15.7 Å². The highest BCUT2D eigenvalue weighted by Crippen LogP contribution is 2.10. The van der Waals surface area contributed by atoms with Crippen LogP contribution in [-0.2, 0) is 6.54 Å². The predicted molar refractivity (Wildman–Crippen MR) is 64.4 cm³/mol. The zero-order valence-corrected chi connectivity index (χ0v) is 9.59. The van der Waals surface area contributed by atoms with Crippen LogP contribution < -0.4 is 10.6 Å². The van der Waals surface area contributed by atoms with Gasteiger partial charge in [-0.3, -0.25) is 0 Å². The summed E-state index contributed by atoms with van der Waals surface area (Å²) in [6.45, 7) is 1.32. The van der Waals surface area contributed by atoms with E-state index in [2.05, 4.69) is 22.8 Å². The second-order valence-corrected chi connectivity index (χ2v) is 3.73. The number of rotatable bonds is 6. The maximum absolute atomic E-state index is 9.29. The van der Waals surface area contributed by atoms with Crippen molar-refractivity contribution in [3.8, 4) is 0 Å². The average molecular weight is 229 g/mol. The smallest absolute Gasteiger partial charge is 0.0847 e. The summed E-state index contributed by atoms with van der Waals surface area (Å²) in [6, 6.07) is 8.07. The number of nitrogens with one attached hydrogen (secondary N) is 2. The molecule has 0 heterocycles. The van der Waals surface area contributed by atoms with Crippen molar-refractivity contribution in [3.63, 3.8) is 0 Å². The molecule has 3 nitrogen and oxygen atoms in total. The van der Waals surface area contributed by atoms with Gasteiger partial charge in [0.2, 0.25) is 0 Å². The molecule has 0 aliphatic carbocycles. The molecule has 1 atom stereocenters. The first-order chi connectivity index (χ1) is 7.26. The monoisotopic (exact) mass is 228 g/mol. The number of hydrogen-bond donors (Lipinski definition) is 3. The molecule has 0 saturated carbocycles. The Hall–Kier alpha value is -0.770. The number of alkyl halides is 1. The summed E-state index contributed by atoms with van der Waals surface area (Å²) in [5.74, 6) is 0.253. The minimum atomic E-state index is -0.500. The normalized spacial score (nSPS) is 12.5. The van der Waals surface area contributed by atoms with Crippen LogP contribution in [0.1, 0.15) is 5.56 Å². The number of aliphatic hydroxyl groups is 1. The first kappa shape index (κ1) is 12.3. The molecule has 1 aromatic carbocycles. The molecular formula is C11H17ClN2O. The van der Waals surface area contributed by atoms with Crippen molar-refractivity contribution in [1.29, 1.82) is 0 Å². The van der Waals surface area contributed by atoms with Crippen molar-refractivity contribution in [2.75, 3.05) is 24.8 Å². The Labute approximate surface area is 95.5 Å². The van der Waals surface area contributed by atoms with Gasteiger partial charge in [-0.25, -0.2) is 0 Å². The van der Waals surface area contributed by atoms with Gasteiger partial charge in [-0.2, -0.15) is 0 Å². The largest absolute Gasteiger partial charge is 0.390 e. The molecule has 0 aromatic heterocycles. The summed E-state index contributed by atoms with van der Waals surface area (Å²) in [5.41, 5.74) is 2.22. The lowest BCUT2D eigenvalue weighted by Gasteiger charge is -2.11. The van der Waals surface area contributed by atoms with Gasteiger partial charge in [0.1, 0.15) is 0 Å². The van der Waals surface area contributed by atoms with Crippen LogP contribution in [0.5, 0.6) is 0 Å². The maximum Gasteiger partial charge on any atom is 0.0847 e. The van der Waals surface area contributed by atoms with E-state index >= 15 is 0 Å². The molecule has 1 unspecified atom stereocenters. The summed E-state index contributed by atoms with van der Waals surface area (Å²) in [4.78, 5) is 0. The van der Waals surface area contributed by atoms with E-state index in [0.29, 0.717) is 6.54 Å². The summed E-state index contributed by atoms with van der Waals surface area (Å²) in [6.07, 6.45) is -0.500. The van der Waals surface area contributed by atoms with Crippen LogP contribution in [0.3, 0.4) is 0 Å². The third-order valence-corrected chi connectivity index (χ3v) is 2.38. The van der Waals surface area contributed by atoms with Crippen molar-refractivity contribution in [1.82, 2.24) is 5.32 Å². The number of halogens is 1. The van der Waals surface area contributed by atoms with Crippen molar-refractivity contribution in [2.24, 2.45) is 0 Å². The van der Waals surface area contributed by atoms with Crippen LogP contribution in [0.15, 0.2) is 24.3 Å². The van der Waals surface area contributed by atoms with Gasteiger partial charge in [0.05, 0.1) is 12.0 Å². The lowest BCUT2D eigenvalue weighted by molar-refractivity contribution is 0.211.